The SMILES string of the molecule is CCOC(=O)c1ccc(NC(=O)[C@@H]2CC(=O)N(Cc3ccc(OC)cc3)C(=Nc3ccc(F)cc3)S2)cc1. The molecule has 0 spiro atoms. The number of thioether (sulfide) groups is 1. The zero-order valence-corrected chi connectivity index (χ0v) is 21.7. The van der Waals surface area contributed by atoms with Crippen molar-refractivity contribution in [3.63, 3.8) is 0 Å². The van der Waals surface area contributed by atoms with E-state index in [0.29, 0.717) is 27.9 Å². The van der Waals surface area contributed by atoms with Gasteiger partial charge < -0.3 is 14.8 Å². The van der Waals surface area contributed by atoms with Gasteiger partial charge >= 0.3 is 5.97 Å². The largest absolute Gasteiger partial charge is 0.497 e. The maximum atomic E-state index is 13.4. The van der Waals surface area contributed by atoms with Crippen molar-refractivity contribution >= 4 is 46.1 Å². The van der Waals surface area contributed by atoms with Crippen LogP contribution in [0.1, 0.15) is 29.3 Å². The molecule has 1 atom stereocenters. The number of carbonyl (C=O) groups excluding carboxylic acids is 3. The lowest BCUT2D eigenvalue weighted by molar-refractivity contribution is -0.129. The topological polar surface area (TPSA) is 97.3 Å². The van der Waals surface area contributed by atoms with Gasteiger partial charge in [0.2, 0.25) is 11.8 Å². The van der Waals surface area contributed by atoms with Gasteiger partial charge in [-0.2, -0.15) is 0 Å². The van der Waals surface area contributed by atoms with E-state index in [4.69, 9.17) is 9.47 Å². The molecule has 1 aliphatic heterocycles. The summed E-state index contributed by atoms with van der Waals surface area (Å²) in [7, 11) is 1.58. The van der Waals surface area contributed by atoms with Gasteiger partial charge in [-0.05, 0) is 73.2 Å². The van der Waals surface area contributed by atoms with Crippen LogP contribution in [0, 0.1) is 5.82 Å². The number of halogens is 1. The fraction of sp³-hybridized carbons (Fsp3) is 0.214. The number of anilines is 1. The molecule has 196 valence electrons. The third-order valence-electron chi connectivity index (χ3n) is 5.65. The van der Waals surface area contributed by atoms with E-state index in [0.717, 1.165) is 17.3 Å². The lowest BCUT2D eigenvalue weighted by atomic mass is 10.1. The summed E-state index contributed by atoms with van der Waals surface area (Å²) >= 11 is 1.16. The van der Waals surface area contributed by atoms with Gasteiger partial charge in [-0.25, -0.2) is 14.2 Å². The van der Waals surface area contributed by atoms with Crippen molar-refractivity contribution in [3.8, 4) is 5.75 Å². The predicted molar refractivity (Wildman–Crippen MR) is 144 cm³/mol. The smallest absolute Gasteiger partial charge is 0.338 e. The first-order valence-electron chi connectivity index (χ1n) is 11.9. The predicted octanol–water partition coefficient (Wildman–Crippen LogP) is 5.17. The molecule has 2 amide bonds. The Morgan fingerprint density at radius 2 is 1.74 bits per heavy atom. The first-order valence-corrected chi connectivity index (χ1v) is 12.8. The number of ether oxygens (including phenoxy) is 2. The van der Waals surface area contributed by atoms with E-state index >= 15 is 0 Å². The molecular formula is C28H26FN3O5S. The van der Waals surface area contributed by atoms with Crippen molar-refractivity contribution in [2.24, 2.45) is 4.99 Å². The summed E-state index contributed by atoms with van der Waals surface area (Å²) in [4.78, 5) is 44.3. The Bertz CT molecular complexity index is 1330. The van der Waals surface area contributed by atoms with Gasteiger partial charge in [0, 0.05) is 12.1 Å². The maximum Gasteiger partial charge on any atom is 0.338 e. The van der Waals surface area contributed by atoms with Crippen molar-refractivity contribution in [1.29, 1.82) is 0 Å². The van der Waals surface area contributed by atoms with Gasteiger partial charge in [-0.15, -0.1) is 0 Å². The Morgan fingerprint density at radius 3 is 2.37 bits per heavy atom. The molecule has 0 saturated carbocycles. The fourth-order valence-corrected chi connectivity index (χ4v) is 4.76. The number of amides is 2. The van der Waals surface area contributed by atoms with Crippen LogP contribution in [-0.2, 0) is 20.9 Å². The van der Waals surface area contributed by atoms with Crippen LogP contribution >= 0.6 is 11.8 Å². The maximum absolute atomic E-state index is 13.4. The van der Waals surface area contributed by atoms with E-state index in [9.17, 15) is 18.8 Å². The summed E-state index contributed by atoms with van der Waals surface area (Å²) in [5.74, 6) is -0.790. The third-order valence-corrected chi connectivity index (χ3v) is 6.83. The van der Waals surface area contributed by atoms with E-state index in [-0.39, 0.29) is 31.4 Å². The highest BCUT2D eigenvalue weighted by molar-refractivity contribution is 8.15. The highest BCUT2D eigenvalue weighted by Crippen LogP contribution is 2.31. The minimum absolute atomic E-state index is 0.0317. The van der Waals surface area contributed by atoms with E-state index < -0.39 is 17.0 Å². The number of amidine groups is 1. The summed E-state index contributed by atoms with van der Waals surface area (Å²) in [6.07, 6.45) is -0.0317. The van der Waals surface area contributed by atoms with Gasteiger partial charge in [-0.1, -0.05) is 23.9 Å². The highest BCUT2D eigenvalue weighted by atomic mass is 32.2. The van der Waals surface area contributed by atoms with Crippen LogP contribution in [0.4, 0.5) is 15.8 Å². The Labute approximate surface area is 223 Å². The number of nitrogens with one attached hydrogen (secondary N) is 1. The monoisotopic (exact) mass is 535 g/mol. The molecule has 1 saturated heterocycles. The van der Waals surface area contributed by atoms with Crippen LogP contribution in [-0.4, -0.2) is 46.8 Å². The van der Waals surface area contributed by atoms with Gasteiger partial charge in [0.15, 0.2) is 5.17 Å². The van der Waals surface area contributed by atoms with Crippen molar-refractivity contribution in [2.45, 2.75) is 25.1 Å². The second-order valence-electron chi connectivity index (χ2n) is 8.30. The molecule has 3 aromatic rings. The van der Waals surface area contributed by atoms with Crippen LogP contribution in [0.3, 0.4) is 0 Å². The Morgan fingerprint density at radius 1 is 1.05 bits per heavy atom. The Hall–Kier alpha value is -4.18. The van der Waals surface area contributed by atoms with E-state index in [1.807, 2.05) is 12.1 Å². The van der Waals surface area contributed by atoms with E-state index in [2.05, 4.69) is 10.3 Å². The summed E-state index contributed by atoms with van der Waals surface area (Å²) < 4.78 is 23.6. The molecule has 1 N–H and O–H groups in total. The van der Waals surface area contributed by atoms with Gasteiger partial charge in [0.05, 0.1) is 31.5 Å². The number of carbonyl (C=O) groups is 3. The zero-order chi connectivity index (χ0) is 27.1. The van der Waals surface area contributed by atoms with Gasteiger partial charge in [0.25, 0.3) is 0 Å². The molecule has 10 heteroatoms. The lowest BCUT2D eigenvalue weighted by Gasteiger charge is -2.32. The number of esters is 1. The number of hydrogen-bond donors (Lipinski definition) is 1. The third kappa shape index (κ3) is 6.77. The number of hydrogen-bond acceptors (Lipinski definition) is 7. The number of benzene rings is 3. The molecule has 0 radical (unpaired) electrons. The van der Waals surface area contributed by atoms with Crippen LogP contribution < -0.4 is 10.1 Å². The van der Waals surface area contributed by atoms with Crippen molar-refractivity contribution < 1.29 is 28.2 Å². The summed E-state index contributed by atoms with van der Waals surface area (Å²) in [5.41, 5.74) is 2.16. The van der Waals surface area contributed by atoms with Gasteiger partial charge in [-0.3, -0.25) is 14.5 Å². The average Bonchev–Trinajstić information content (AvgIpc) is 2.92. The minimum Gasteiger partial charge on any atom is -0.497 e. The molecule has 4 rings (SSSR count). The first-order chi connectivity index (χ1) is 18.4. The standard InChI is InChI=1S/C28H26FN3O5S/c1-3-37-27(35)19-6-10-21(11-7-19)30-26(34)24-16-25(33)32(17-18-4-14-23(36-2)15-5-18)28(38-24)31-22-12-8-20(29)9-13-22/h4-15,24H,3,16-17H2,1-2H3,(H,30,34)/t24-/m0/s1. The highest BCUT2D eigenvalue weighted by Gasteiger charge is 2.36. The van der Waals surface area contributed by atoms with Crippen molar-refractivity contribution in [2.75, 3.05) is 19.0 Å². The summed E-state index contributed by atoms with van der Waals surface area (Å²) in [5, 5.41) is 2.40. The molecule has 3 aromatic carbocycles. The molecule has 0 unspecified atom stereocenters. The first kappa shape index (κ1) is 26.9. The minimum atomic E-state index is -0.737. The zero-order valence-electron chi connectivity index (χ0n) is 20.8. The number of methoxy groups -OCH3 is 1. The molecule has 0 aromatic heterocycles. The van der Waals surface area contributed by atoms with Crippen LogP contribution in [0.2, 0.25) is 0 Å². The molecule has 1 fully saturated rings. The van der Waals surface area contributed by atoms with E-state index in [1.54, 1.807) is 50.4 Å². The average molecular weight is 536 g/mol. The second-order valence-corrected chi connectivity index (χ2v) is 9.47. The van der Waals surface area contributed by atoms with Gasteiger partial charge in [0.1, 0.15) is 16.8 Å². The fourth-order valence-electron chi connectivity index (χ4n) is 3.66. The lowest BCUT2D eigenvalue weighted by Crippen LogP contribution is -2.44. The Balaban J connectivity index is 1.53. The van der Waals surface area contributed by atoms with Crippen molar-refractivity contribution in [3.05, 3.63) is 89.7 Å². The number of nitrogens with zero attached hydrogens (tertiary/aromatic N) is 2. The van der Waals surface area contributed by atoms with Crippen LogP contribution in [0.25, 0.3) is 0 Å². The molecular weight excluding hydrogens is 509 g/mol. The normalized spacial score (nSPS) is 16.3. The molecule has 1 heterocycles. The molecule has 0 aliphatic carbocycles. The van der Waals surface area contributed by atoms with E-state index in [1.165, 1.54) is 29.2 Å². The molecule has 8 nitrogen and oxygen atoms in total. The second kappa shape index (κ2) is 12.4. The van der Waals surface area contributed by atoms with Crippen LogP contribution in [0.15, 0.2) is 77.8 Å². The number of aliphatic imine (C=N–C) groups is 1. The number of rotatable bonds is 8. The van der Waals surface area contributed by atoms with Crippen LogP contribution in [0.5, 0.6) is 5.75 Å². The summed E-state index contributed by atoms with van der Waals surface area (Å²) in [6.45, 7) is 2.24. The molecule has 38 heavy (non-hydrogen) atoms. The quantitative estimate of drug-likeness (QED) is 0.400. The Kier molecular flexibility index (Phi) is 8.75. The van der Waals surface area contributed by atoms with Crippen molar-refractivity contribution in [1.82, 2.24) is 4.90 Å². The molecule has 0 bridgehead atoms. The molecule has 1 aliphatic rings. The summed E-state index contributed by atoms with van der Waals surface area (Å²) in [6, 6.07) is 19.2.